The van der Waals surface area contributed by atoms with Crippen molar-refractivity contribution < 1.29 is 9.53 Å². The van der Waals surface area contributed by atoms with E-state index >= 15 is 0 Å². The number of hydrogen-bond donors (Lipinski definition) is 1. The van der Waals surface area contributed by atoms with Crippen LogP contribution in [-0.2, 0) is 11.2 Å². The molecule has 6 nitrogen and oxygen atoms in total. The molecule has 0 radical (unpaired) electrons. The minimum absolute atomic E-state index is 0.0181. The minimum atomic E-state index is -0.428. The summed E-state index contributed by atoms with van der Waals surface area (Å²) in [6.45, 7) is 3.33. The Hall–Kier alpha value is -2.47. The number of benzene rings is 1. The molecule has 2 atom stereocenters. The number of carbonyl (C=O) groups excluding carboxylic acids is 1. The van der Waals surface area contributed by atoms with E-state index in [1.165, 1.54) is 32.3 Å². The van der Waals surface area contributed by atoms with Gasteiger partial charge in [-0.3, -0.25) is 4.79 Å². The Morgan fingerprint density at radius 1 is 1.15 bits per heavy atom. The summed E-state index contributed by atoms with van der Waals surface area (Å²) in [5.41, 5.74) is 3.09. The SMILES string of the molecule is O=C(N[C@H]1CN2CCC1CC2)C1Cc2cc(-c3cncnc3)ccc2O1. The van der Waals surface area contributed by atoms with Crippen LogP contribution in [-0.4, -0.2) is 52.6 Å². The highest BCUT2D eigenvalue weighted by atomic mass is 16.5. The Morgan fingerprint density at radius 3 is 2.69 bits per heavy atom. The van der Waals surface area contributed by atoms with Gasteiger partial charge in [-0.25, -0.2) is 9.97 Å². The second kappa shape index (κ2) is 6.36. The van der Waals surface area contributed by atoms with Gasteiger partial charge in [-0.2, -0.15) is 0 Å². The lowest BCUT2D eigenvalue weighted by Crippen LogP contribution is -2.58. The number of ether oxygens (including phenoxy) is 1. The van der Waals surface area contributed by atoms with E-state index in [0.29, 0.717) is 12.3 Å². The fraction of sp³-hybridized carbons (Fsp3) is 0.450. The van der Waals surface area contributed by atoms with Crippen molar-refractivity contribution in [2.24, 2.45) is 5.92 Å². The van der Waals surface area contributed by atoms with Crippen LogP contribution in [0.5, 0.6) is 5.75 Å². The highest BCUT2D eigenvalue weighted by Gasteiger charge is 2.37. The van der Waals surface area contributed by atoms with Crippen LogP contribution in [0.1, 0.15) is 18.4 Å². The quantitative estimate of drug-likeness (QED) is 0.912. The number of nitrogens with zero attached hydrogens (tertiary/aromatic N) is 3. The molecule has 1 amide bonds. The van der Waals surface area contributed by atoms with Crippen LogP contribution >= 0.6 is 0 Å². The highest BCUT2D eigenvalue weighted by Crippen LogP contribution is 2.33. The predicted octanol–water partition coefficient (Wildman–Crippen LogP) is 1.66. The monoisotopic (exact) mass is 350 g/mol. The van der Waals surface area contributed by atoms with Crippen molar-refractivity contribution in [2.45, 2.75) is 31.4 Å². The Balaban J connectivity index is 1.27. The van der Waals surface area contributed by atoms with E-state index in [9.17, 15) is 4.79 Å². The molecule has 5 heterocycles. The summed E-state index contributed by atoms with van der Waals surface area (Å²) in [5, 5.41) is 3.25. The molecule has 3 saturated heterocycles. The van der Waals surface area contributed by atoms with Crippen LogP contribution in [0.15, 0.2) is 36.9 Å². The maximum atomic E-state index is 12.7. The predicted molar refractivity (Wildman–Crippen MR) is 96.7 cm³/mol. The Bertz CT molecular complexity index is 818. The van der Waals surface area contributed by atoms with Crippen molar-refractivity contribution in [1.29, 1.82) is 0 Å². The van der Waals surface area contributed by atoms with Crippen LogP contribution in [0.3, 0.4) is 0 Å². The fourth-order valence-corrected chi connectivity index (χ4v) is 4.43. The first kappa shape index (κ1) is 15.8. The maximum Gasteiger partial charge on any atom is 0.261 e. The molecule has 3 fully saturated rings. The van der Waals surface area contributed by atoms with E-state index in [2.05, 4.69) is 26.3 Å². The summed E-state index contributed by atoms with van der Waals surface area (Å²) in [6, 6.07) is 6.29. The van der Waals surface area contributed by atoms with E-state index in [0.717, 1.165) is 29.0 Å². The molecule has 134 valence electrons. The van der Waals surface area contributed by atoms with Crippen LogP contribution in [0.2, 0.25) is 0 Å². The van der Waals surface area contributed by atoms with Crippen LogP contribution in [0, 0.1) is 5.92 Å². The first-order chi connectivity index (χ1) is 12.8. The number of nitrogens with one attached hydrogen (secondary N) is 1. The molecule has 0 aliphatic carbocycles. The van der Waals surface area contributed by atoms with Gasteiger partial charge in [-0.1, -0.05) is 6.07 Å². The molecule has 0 spiro atoms. The van der Waals surface area contributed by atoms with Crippen molar-refractivity contribution in [3.05, 3.63) is 42.5 Å². The molecule has 1 N–H and O–H groups in total. The Labute approximate surface area is 152 Å². The lowest BCUT2D eigenvalue weighted by Gasteiger charge is -2.45. The summed E-state index contributed by atoms with van der Waals surface area (Å²) < 4.78 is 5.92. The Kier molecular flexibility index (Phi) is 3.85. The molecule has 2 aromatic rings. The first-order valence-electron chi connectivity index (χ1n) is 9.34. The van der Waals surface area contributed by atoms with Crippen molar-refractivity contribution >= 4 is 5.91 Å². The van der Waals surface area contributed by atoms with E-state index < -0.39 is 6.10 Å². The van der Waals surface area contributed by atoms with Gasteiger partial charge < -0.3 is 15.0 Å². The smallest absolute Gasteiger partial charge is 0.261 e. The van der Waals surface area contributed by atoms with Gasteiger partial charge in [0.15, 0.2) is 6.10 Å². The maximum absolute atomic E-state index is 12.7. The summed E-state index contributed by atoms with van der Waals surface area (Å²) in [5.74, 6) is 1.45. The van der Waals surface area contributed by atoms with Crippen LogP contribution in [0.4, 0.5) is 0 Å². The van der Waals surface area contributed by atoms with Crippen LogP contribution in [0.25, 0.3) is 11.1 Å². The number of hydrogen-bond acceptors (Lipinski definition) is 5. The molecule has 26 heavy (non-hydrogen) atoms. The fourth-order valence-electron chi connectivity index (χ4n) is 4.43. The number of piperidine rings is 3. The Morgan fingerprint density at radius 2 is 1.96 bits per heavy atom. The summed E-state index contributed by atoms with van der Waals surface area (Å²) >= 11 is 0. The zero-order chi connectivity index (χ0) is 17.5. The molecular weight excluding hydrogens is 328 g/mol. The number of fused-ring (bicyclic) bond motifs is 4. The van der Waals surface area contributed by atoms with Gasteiger partial charge in [0.1, 0.15) is 12.1 Å². The molecule has 1 aromatic heterocycles. The average Bonchev–Trinajstić information content (AvgIpc) is 3.13. The van der Waals surface area contributed by atoms with Gasteiger partial charge in [0.05, 0.1) is 0 Å². The van der Waals surface area contributed by atoms with Crippen molar-refractivity contribution in [1.82, 2.24) is 20.2 Å². The van der Waals surface area contributed by atoms with E-state index in [-0.39, 0.29) is 11.9 Å². The molecule has 4 aliphatic rings. The zero-order valence-corrected chi connectivity index (χ0v) is 14.6. The van der Waals surface area contributed by atoms with Gasteiger partial charge in [0.25, 0.3) is 5.91 Å². The standard InChI is InChI=1S/C20H22N4O2/c25-20(23-17-11-24-5-3-13(17)4-6-24)19-8-15-7-14(1-2-18(15)26-19)16-9-21-12-22-10-16/h1-2,7,9-10,12-13,17,19H,3-6,8,11H2,(H,23,25)/t17-,19?/m0/s1. The second-order valence-electron chi connectivity index (χ2n) is 7.51. The molecule has 6 heteroatoms. The summed E-state index contributed by atoms with van der Waals surface area (Å²) in [4.78, 5) is 23.3. The molecule has 0 saturated carbocycles. The summed E-state index contributed by atoms with van der Waals surface area (Å²) in [7, 11) is 0. The largest absolute Gasteiger partial charge is 0.480 e. The topological polar surface area (TPSA) is 67.4 Å². The number of aromatic nitrogens is 2. The molecule has 6 rings (SSSR count). The van der Waals surface area contributed by atoms with E-state index in [1.807, 2.05) is 12.1 Å². The lowest BCUT2D eigenvalue weighted by molar-refractivity contribution is -0.129. The third kappa shape index (κ3) is 2.84. The molecule has 1 aromatic carbocycles. The normalized spacial score (nSPS) is 29.1. The second-order valence-corrected chi connectivity index (χ2v) is 7.51. The first-order valence-corrected chi connectivity index (χ1v) is 9.34. The number of carbonyl (C=O) groups is 1. The number of rotatable bonds is 3. The highest BCUT2D eigenvalue weighted by molar-refractivity contribution is 5.83. The average molecular weight is 350 g/mol. The van der Waals surface area contributed by atoms with Crippen molar-refractivity contribution in [3.63, 3.8) is 0 Å². The van der Waals surface area contributed by atoms with Crippen molar-refractivity contribution in [3.8, 4) is 16.9 Å². The molecule has 1 unspecified atom stereocenters. The van der Waals surface area contributed by atoms with Gasteiger partial charge >= 0.3 is 0 Å². The zero-order valence-electron chi connectivity index (χ0n) is 14.6. The lowest BCUT2D eigenvalue weighted by atomic mass is 9.84. The van der Waals surface area contributed by atoms with Crippen LogP contribution < -0.4 is 10.1 Å². The third-order valence-corrected chi connectivity index (χ3v) is 5.91. The van der Waals surface area contributed by atoms with E-state index in [4.69, 9.17) is 4.74 Å². The van der Waals surface area contributed by atoms with E-state index in [1.54, 1.807) is 12.4 Å². The number of amides is 1. The minimum Gasteiger partial charge on any atom is -0.480 e. The summed E-state index contributed by atoms with van der Waals surface area (Å²) in [6.07, 6.45) is 7.68. The third-order valence-electron chi connectivity index (χ3n) is 5.91. The molecule has 2 bridgehead atoms. The van der Waals surface area contributed by atoms with Gasteiger partial charge in [-0.05, 0) is 55.1 Å². The molecule has 4 aliphatic heterocycles. The molecular formula is C20H22N4O2. The van der Waals surface area contributed by atoms with Gasteiger partial charge in [0, 0.05) is 37.0 Å². The van der Waals surface area contributed by atoms with Gasteiger partial charge in [-0.15, -0.1) is 0 Å². The van der Waals surface area contributed by atoms with Gasteiger partial charge in [0.2, 0.25) is 0 Å². The van der Waals surface area contributed by atoms with Crippen molar-refractivity contribution in [2.75, 3.05) is 19.6 Å².